The molecule has 2 aromatic carbocycles. The zero-order valence-electron chi connectivity index (χ0n) is 16.7. The Morgan fingerprint density at radius 1 is 1.10 bits per heavy atom. The minimum Gasteiger partial charge on any atom is -0.374 e. The van der Waals surface area contributed by atoms with Crippen LogP contribution < -0.4 is 5.32 Å². The number of ether oxygens (including phenoxy) is 1. The van der Waals surface area contributed by atoms with E-state index in [9.17, 15) is 13.2 Å². The number of amides is 1. The lowest BCUT2D eigenvalue weighted by molar-refractivity contribution is 0.0635. The maximum absolute atomic E-state index is 12.7. The van der Waals surface area contributed by atoms with Gasteiger partial charge in [0.25, 0.3) is 5.91 Å². The van der Waals surface area contributed by atoms with Gasteiger partial charge in [-0.05, 0) is 49.9 Å². The van der Waals surface area contributed by atoms with Gasteiger partial charge in [0.1, 0.15) is 0 Å². The molecule has 7 heteroatoms. The summed E-state index contributed by atoms with van der Waals surface area (Å²) in [6, 6.07) is 16.2. The van der Waals surface area contributed by atoms with E-state index < -0.39 is 10.0 Å². The van der Waals surface area contributed by atoms with Crippen LogP contribution >= 0.6 is 0 Å². The molecule has 0 bridgehead atoms. The average molecular weight is 417 g/mol. The standard InChI is InChI=1S/C22H28N2O4S/c1-18(19-9-3-2-4-10-19)28-16-8-13-23-22(25)20-11-7-12-21(17-20)29(26,27)24-14-5-6-15-24/h2-4,7,9-12,17-18H,5-6,8,13-16H2,1H3,(H,23,25). The number of rotatable bonds is 9. The number of nitrogens with zero attached hydrogens (tertiary/aromatic N) is 1. The Balaban J connectivity index is 1.47. The van der Waals surface area contributed by atoms with Gasteiger partial charge in [0, 0.05) is 31.8 Å². The van der Waals surface area contributed by atoms with Crippen molar-refractivity contribution >= 4 is 15.9 Å². The van der Waals surface area contributed by atoms with Gasteiger partial charge in [-0.1, -0.05) is 36.4 Å². The van der Waals surface area contributed by atoms with E-state index in [0.717, 1.165) is 18.4 Å². The molecule has 1 saturated heterocycles. The number of hydrogen-bond donors (Lipinski definition) is 1. The molecule has 3 rings (SSSR count). The molecule has 1 atom stereocenters. The van der Waals surface area contributed by atoms with Gasteiger partial charge in [-0.3, -0.25) is 4.79 Å². The van der Waals surface area contributed by atoms with E-state index in [1.54, 1.807) is 18.2 Å². The molecule has 1 fully saturated rings. The van der Waals surface area contributed by atoms with Gasteiger partial charge in [0.05, 0.1) is 11.0 Å². The maximum atomic E-state index is 12.7. The first-order chi connectivity index (χ1) is 14.0. The highest BCUT2D eigenvalue weighted by Crippen LogP contribution is 2.21. The van der Waals surface area contributed by atoms with Crippen LogP contribution in [0.15, 0.2) is 59.5 Å². The van der Waals surface area contributed by atoms with Crippen LogP contribution in [-0.2, 0) is 14.8 Å². The Morgan fingerprint density at radius 3 is 2.55 bits per heavy atom. The second kappa shape index (κ2) is 10.0. The van der Waals surface area contributed by atoms with E-state index in [4.69, 9.17) is 4.74 Å². The van der Waals surface area contributed by atoms with Crippen LogP contribution in [0, 0.1) is 0 Å². The summed E-state index contributed by atoms with van der Waals surface area (Å²) in [4.78, 5) is 12.6. The van der Waals surface area contributed by atoms with Crippen molar-refractivity contribution in [3.8, 4) is 0 Å². The van der Waals surface area contributed by atoms with E-state index >= 15 is 0 Å². The SMILES string of the molecule is CC(OCCCNC(=O)c1cccc(S(=O)(=O)N2CCCC2)c1)c1ccccc1. The first-order valence-electron chi connectivity index (χ1n) is 10.0. The molecule has 0 saturated carbocycles. The lowest BCUT2D eigenvalue weighted by atomic mass is 10.1. The van der Waals surface area contributed by atoms with Gasteiger partial charge >= 0.3 is 0 Å². The first kappa shape index (κ1) is 21.5. The number of carbonyl (C=O) groups is 1. The molecular formula is C22H28N2O4S. The summed E-state index contributed by atoms with van der Waals surface area (Å²) in [5.74, 6) is -0.278. The van der Waals surface area contributed by atoms with Gasteiger partial charge < -0.3 is 10.1 Å². The smallest absolute Gasteiger partial charge is 0.251 e. The fourth-order valence-electron chi connectivity index (χ4n) is 3.33. The molecular weight excluding hydrogens is 388 g/mol. The predicted octanol–water partition coefficient (Wildman–Crippen LogP) is 3.37. The largest absolute Gasteiger partial charge is 0.374 e. The highest BCUT2D eigenvalue weighted by Gasteiger charge is 2.27. The minimum atomic E-state index is -3.53. The van der Waals surface area contributed by atoms with Crippen molar-refractivity contribution in [2.24, 2.45) is 0 Å². The van der Waals surface area contributed by atoms with E-state index in [1.807, 2.05) is 37.3 Å². The Hall–Kier alpha value is -2.22. The molecule has 6 nitrogen and oxygen atoms in total. The number of nitrogens with one attached hydrogen (secondary N) is 1. The van der Waals surface area contributed by atoms with Crippen molar-refractivity contribution in [1.82, 2.24) is 9.62 Å². The molecule has 1 aliphatic heterocycles. The molecule has 1 aliphatic rings. The third-order valence-corrected chi connectivity index (χ3v) is 6.94. The van der Waals surface area contributed by atoms with Crippen molar-refractivity contribution in [3.05, 3.63) is 65.7 Å². The number of carbonyl (C=O) groups excluding carboxylic acids is 1. The Bertz CT molecular complexity index is 909. The summed E-state index contributed by atoms with van der Waals surface area (Å²) in [5, 5.41) is 2.83. The fourth-order valence-corrected chi connectivity index (χ4v) is 4.90. The fraction of sp³-hybridized carbons (Fsp3) is 0.409. The van der Waals surface area contributed by atoms with Crippen LogP contribution in [0.4, 0.5) is 0 Å². The van der Waals surface area contributed by atoms with E-state index in [2.05, 4.69) is 5.32 Å². The van der Waals surface area contributed by atoms with Crippen LogP contribution in [0.1, 0.15) is 48.2 Å². The molecule has 1 heterocycles. The Kier molecular flexibility index (Phi) is 7.41. The highest BCUT2D eigenvalue weighted by molar-refractivity contribution is 7.89. The Morgan fingerprint density at radius 2 is 1.83 bits per heavy atom. The van der Waals surface area contributed by atoms with E-state index in [1.165, 1.54) is 10.4 Å². The average Bonchev–Trinajstić information content (AvgIpc) is 3.30. The van der Waals surface area contributed by atoms with Crippen LogP contribution in [-0.4, -0.2) is 44.9 Å². The van der Waals surface area contributed by atoms with Gasteiger partial charge in [0.2, 0.25) is 10.0 Å². The van der Waals surface area contributed by atoms with Gasteiger partial charge in [-0.2, -0.15) is 4.31 Å². The lowest BCUT2D eigenvalue weighted by Gasteiger charge is -2.16. The van der Waals surface area contributed by atoms with Crippen LogP contribution in [0.2, 0.25) is 0 Å². The second-order valence-electron chi connectivity index (χ2n) is 7.17. The van der Waals surface area contributed by atoms with E-state index in [-0.39, 0.29) is 16.9 Å². The second-order valence-corrected chi connectivity index (χ2v) is 9.11. The molecule has 1 unspecified atom stereocenters. The third kappa shape index (κ3) is 5.65. The minimum absolute atomic E-state index is 0.000577. The topological polar surface area (TPSA) is 75.7 Å². The zero-order chi connectivity index (χ0) is 20.7. The summed E-state index contributed by atoms with van der Waals surface area (Å²) >= 11 is 0. The number of hydrogen-bond acceptors (Lipinski definition) is 4. The first-order valence-corrected chi connectivity index (χ1v) is 11.5. The van der Waals surface area contributed by atoms with Gasteiger partial charge in [-0.25, -0.2) is 8.42 Å². The summed E-state index contributed by atoms with van der Waals surface area (Å²) in [6.07, 6.45) is 2.43. The van der Waals surface area contributed by atoms with Gasteiger partial charge in [0.15, 0.2) is 0 Å². The molecule has 2 aromatic rings. The zero-order valence-corrected chi connectivity index (χ0v) is 17.5. The summed E-state index contributed by atoms with van der Waals surface area (Å²) < 4.78 is 32.6. The highest BCUT2D eigenvalue weighted by atomic mass is 32.2. The van der Waals surface area contributed by atoms with Crippen molar-refractivity contribution < 1.29 is 17.9 Å². The quantitative estimate of drug-likeness (QED) is 0.636. The number of benzene rings is 2. The lowest BCUT2D eigenvalue weighted by Crippen LogP contribution is -2.29. The third-order valence-electron chi connectivity index (χ3n) is 5.04. The molecule has 1 amide bonds. The Labute approximate surface area is 172 Å². The number of sulfonamides is 1. The summed E-state index contributed by atoms with van der Waals surface area (Å²) in [5.41, 5.74) is 1.47. The van der Waals surface area contributed by atoms with Crippen molar-refractivity contribution in [2.75, 3.05) is 26.2 Å². The molecule has 29 heavy (non-hydrogen) atoms. The summed E-state index contributed by atoms with van der Waals surface area (Å²) in [6.45, 7) is 4.07. The van der Waals surface area contributed by atoms with Crippen molar-refractivity contribution in [1.29, 1.82) is 0 Å². The van der Waals surface area contributed by atoms with Crippen LogP contribution in [0.3, 0.4) is 0 Å². The molecule has 0 aromatic heterocycles. The normalized spacial score (nSPS) is 15.9. The molecule has 156 valence electrons. The van der Waals surface area contributed by atoms with Gasteiger partial charge in [-0.15, -0.1) is 0 Å². The summed E-state index contributed by atoms with van der Waals surface area (Å²) in [7, 11) is -3.53. The monoisotopic (exact) mass is 416 g/mol. The molecule has 0 radical (unpaired) electrons. The molecule has 1 N–H and O–H groups in total. The van der Waals surface area contributed by atoms with Crippen molar-refractivity contribution in [3.63, 3.8) is 0 Å². The molecule has 0 aliphatic carbocycles. The predicted molar refractivity (Wildman–Crippen MR) is 112 cm³/mol. The maximum Gasteiger partial charge on any atom is 0.251 e. The molecule has 0 spiro atoms. The van der Waals surface area contributed by atoms with Crippen molar-refractivity contribution in [2.45, 2.75) is 37.2 Å². The van der Waals surface area contributed by atoms with Crippen LogP contribution in [0.25, 0.3) is 0 Å². The van der Waals surface area contributed by atoms with Crippen LogP contribution in [0.5, 0.6) is 0 Å². The van der Waals surface area contributed by atoms with E-state index in [0.29, 0.717) is 38.2 Å².